The predicted octanol–water partition coefficient (Wildman–Crippen LogP) is 3.60. The Bertz CT molecular complexity index is 231. The minimum absolute atomic E-state index is 0.0184. The standard InChI is InChI=1S/C17H36N2O2/c1-3-5-6-7-8-9-10-11-12-13-14-15-17(20)18-16(4-2)19-21/h16H,3-15,19H2,1-2H3,(H,18,20). The minimum Gasteiger partial charge on any atom is -0.634 e. The molecule has 0 aliphatic rings. The van der Waals surface area contributed by atoms with E-state index in [1.165, 1.54) is 57.8 Å². The van der Waals surface area contributed by atoms with Crippen molar-refractivity contribution in [3.63, 3.8) is 0 Å². The summed E-state index contributed by atoms with van der Waals surface area (Å²) < 4.78 is 0. The van der Waals surface area contributed by atoms with Gasteiger partial charge in [0, 0.05) is 12.8 Å². The van der Waals surface area contributed by atoms with Crippen LogP contribution in [0.2, 0.25) is 0 Å². The lowest BCUT2D eigenvalue weighted by atomic mass is 10.1. The van der Waals surface area contributed by atoms with E-state index in [4.69, 9.17) is 0 Å². The van der Waals surface area contributed by atoms with E-state index in [-0.39, 0.29) is 12.1 Å². The fourth-order valence-corrected chi connectivity index (χ4v) is 2.46. The summed E-state index contributed by atoms with van der Waals surface area (Å²) >= 11 is 0. The van der Waals surface area contributed by atoms with E-state index in [1.807, 2.05) is 6.92 Å². The second kappa shape index (κ2) is 15.8. The molecule has 0 saturated heterocycles. The zero-order valence-corrected chi connectivity index (χ0v) is 14.2. The molecule has 0 bridgehead atoms. The molecule has 0 heterocycles. The molecule has 0 aromatic carbocycles. The number of hydroxylamine groups is 1. The minimum atomic E-state index is -0.301. The van der Waals surface area contributed by atoms with Crippen LogP contribution in [-0.2, 0) is 4.79 Å². The number of rotatable bonds is 15. The van der Waals surface area contributed by atoms with Gasteiger partial charge in [0.25, 0.3) is 0 Å². The van der Waals surface area contributed by atoms with Crippen LogP contribution < -0.4 is 10.8 Å². The van der Waals surface area contributed by atoms with Gasteiger partial charge >= 0.3 is 0 Å². The average molecular weight is 300 g/mol. The summed E-state index contributed by atoms with van der Waals surface area (Å²) in [5.41, 5.74) is 0.818. The van der Waals surface area contributed by atoms with Crippen LogP contribution in [0.3, 0.4) is 0 Å². The first-order chi connectivity index (χ1) is 10.2. The Morgan fingerprint density at radius 2 is 1.38 bits per heavy atom. The Balaban J connectivity index is 3.23. The Hall–Kier alpha value is -0.610. The molecule has 4 nitrogen and oxygen atoms in total. The monoisotopic (exact) mass is 300 g/mol. The number of nitrogens with one attached hydrogen (secondary N) is 1. The smallest absolute Gasteiger partial charge is 0.224 e. The van der Waals surface area contributed by atoms with E-state index in [1.54, 1.807) is 0 Å². The molecule has 0 rings (SSSR count). The molecule has 4 heteroatoms. The normalized spacial score (nSPS) is 12.3. The van der Waals surface area contributed by atoms with Crippen LogP contribution in [0, 0.1) is 5.21 Å². The average Bonchev–Trinajstić information content (AvgIpc) is 2.50. The Morgan fingerprint density at radius 3 is 1.81 bits per heavy atom. The lowest BCUT2D eigenvalue weighted by molar-refractivity contribution is -0.631. The zero-order chi connectivity index (χ0) is 15.8. The fourth-order valence-electron chi connectivity index (χ4n) is 2.46. The summed E-state index contributed by atoms with van der Waals surface area (Å²) in [5.74, 6) is 0.0184. The summed E-state index contributed by atoms with van der Waals surface area (Å²) in [7, 11) is 0. The van der Waals surface area contributed by atoms with Gasteiger partial charge in [0.1, 0.15) is 0 Å². The highest BCUT2D eigenvalue weighted by atomic mass is 16.5. The molecule has 1 amide bonds. The molecule has 0 aliphatic heterocycles. The highest BCUT2D eigenvalue weighted by molar-refractivity contribution is 5.75. The van der Waals surface area contributed by atoms with Crippen LogP contribution in [0.25, 0.3) is 0 Å². The van der Waals surface area contributed by atoms with Gasteiger partial charge < -0.3 is 16.0 Å². The van der Waals surface area contributed by atoms with E-state index in [2.05, 4.69) is 12.2 Å². The lowest BCUT2D eigenvalue weighted by Gasteiger charge is -2.16. The molecule has 0 saturated carbocycles. The third-order valence-electron chi connectivity index (χ3n) is 3.96. The molecule has 1 atom stereocenters. The maximum absolute atomic E-state index is 11.6. The molecule has 0 fully saturated rings. The van der Waals surface area contributed by atoms with Gasteiger partial charge in [-0.15, -0.1) is 0 Å². The van der Waals surface area contributed by atoms with Crippen molar-refractivity contribution in [2.75, 3.05) is 0 Å². The van der Waals surface area contributed by atoms with Gasteiger partial charge in [-0.1, -0.05) is 78.1 Å². The van der Waals surface area contributed by atoms with Gasteiger partial charge in [0.2, 0.25) is 5.91 Å². The van der Waals surface area contributed by atoms with Gasteiger partial charge in [0.15, 0.2) is 6.17 Å². The summed E-state index contributed by atoms with van der Waals surface area (Å²) in [5, 5.41) is 13.4. The van der Waals surface area contributed by atoms with Crippen LogP contribution in [-0.4, -0.2) is 12.1 Å². The fraction of sp³-hybridized carbons (Fsp3) is 0.941. The number of hydrogen-bond acceptors (Lipinski definition) is 2. The van der Waals surface area contributed by atoms with Gasteiger partial charge in [0.05, 0.1) is 0 Å². The number of quaternary nitrogens is 1. The first-order valence-corrected chi connectivity index (χ1v) is 8.99. The Labute approximate surface area is 131 Å². The molecule has 3 N–H and O–H groups in total. The molecular formula is C17H36N2O2. The number of nitrogens with two attached hydrogens (primary N) is 1. The van der Waals surface area contributed by atoms with Crippen molar-refractivity contribution in [1.82, 2.24) is 5.32 Å². The van der Waals surface area contributed by atoms with Crippen molar-refractivity contribution >= 4 is 5.91 Å². The Morgan fingerprint density at radius 1 is 0.905 bits per heavy atom. The van der Waals surface area contributed by atoms with Gasteiger partial charge in [-0.2, -0.15) is 0 Å². The van der Waals surface area contributed by atoms with E-state index >= 15 is 0 Å². The van der Waals surface area contributed by atoms with Crippen LogP contribution in [0.1, 0.15) is 97.3 Å². The van der Waals surface area contributed by atoms with E-state index in [0.717, 1.165) is 18.3 Å². The van der Waals surface area contributed by atoms with Crippen molar-refractivity contribution in [3.05, 3.63) is 5.21 Å². The summed E-state index contributed by atoms with van der Waals surface area (Å²) in [6, 6.07) is 0. The summed E-state index contributed by atoms with van der Waals surface area (Å²) in [4.78, 5) is 11.6. The summed E-state index contributed by atoms with van der Waals surface area (Å²) in [6.45, 7) is 4.16. The Kier molecular flexibility index (Phi) is 15.3. The third kappa shape index (κ3) is 14.1. The van der Waals surface area contributed by atoms with Crippen LogP contribution in [0.15, 0.2) is 0 Å². The van der Waals surface area contributed by atoms with E-state index in [0.29, 0.717) is 12.8 Å². The molecule has 126 valence electrons. The second-order valence-corrected chi connectivity index (χ2v) is 6.00. The number of hydrogen-bond donors (Lipinski definition) is 2. The molecule has 0 aromatic rings. The SMILES string of the molecule is CCCCCCCCCCCCCC(=O)NC(CC)[NH2+][O-]. The molecular weight excluding hydrogens is 264 g/mol. The van der Waals surface area contributed by atoms with Crippen LogP contribution in [0.5, 0.6) is 0 Å². The van der Waals surface area contributed by atoms with Crippen molar-refractivity contribution in [1.29, 1.82) is 0 Å². The van der Waals surface area contributed by atoms with Gasteiger partial charge in [-0.05, 0) is 6.42 Å². The molecule has 1 unspecified atom stereocenters. The highest BCUT2D eigenvalue weighted by Gasteiger charge is 2.08. The molecule has 0 aliphatic carbocycles. The number of carbonyl (C=O) groups is 1. The molecule has 0 aromatic heterocycles. The van der Waals surface area contributed by atoms with E-state index < -0.39 is 0 Å². The maximum atomic E-state index is 11.6. The van der Waals surface area contributed by atoms with Crippen LogP contribution >= 0.6 is 0 Å². The topological polar surface area (TPSA) is 68.8 Å². The first kappa shape index (κ1) is 20.4. The second-order valence-electron chi connectivity index (χ2n) is 6.00. The number of unbranched alkanes of at least 4 members (excludes halogenated alkanes) is 10. The predicted molar refractivity (Wildman–Crippen MR) is 88.6 cm³/mol. The lowest BCUT2D eigenvalue weighted by Crippen LogP contribution is -2.88. The van der Waals surface area contributed by atoms with Crippen molar-refractivity contribution in [2.45, 2.75) is 103 Å². The quantitative estimate of drug-likeness (QED) is 0.276. The molecule has 0 spiro atoms. The number of amides is 1. The molecule has 0 radical (unpaired) electrons. The highest BCUT2D eigenvalue weighted by Crippen LogP contribution is 2.11. The molecule has 21 heavy (non-hydrogen) atoms. The van der Waals surface area contributed by atoms with Crippen molar-refractivity contribution in [2.24, 2.45) is 0 Å². The van der Waals surface area contributed by atoms with Crippen molar-refractivity contribution in [3.8, 4) is 0 Å². The summed E-state index contributed by atoms with van der Waals surface area (Å²) in [6.07, 6.45) is 15.1. The van der Waals surface area contributed by atoms with Crippen molar-refractivity contribution < 1.29 is 10.3 Å². The number of carbonyl (C=O) groups excluding carboxylic acids is 1. The third-order valence-corrected chi connectivity index (χ3v) is 3.96. The maximum Gasteiger partial charge on any atom is 0.224 e. The van der Waals surface area contributed by atoms with Crippen LogP contribution in [0.4, 0.5) is 0 Å². The first-order valence-electron chi connectivity index (χ1n) is 8.99. The van der Waals surface area contributed by atoms with E-state index in [9.17, 15) is 10.0 Å². The van der Waals surface area contributed by atoms with Gasteiger partial charge in [-0.25, -0.2) is 0 Å². The zero-order valence-electron chi connectivity index (χ0n) is 14.2. The largest absolute Gasteiger partial charge is 0.634 e. The van der Waals surface area contributed by atoms with Gasteiger partial charge in [-0.3, -0.25) is 4.79 Å².